The molecule has 0 radical (unpaired) electrons. The predicted molar refractivity (Wildman–Crippen MR) is 111 cm³/mol. The molecule has 0 aliphatic rings. The number of methoxy groups -OCH3 is 1. The van der Waals surface area contributed by atoms with Gasteiger partial charge in [-0.3, -0.25) is 9.59 Å². The summed E-state index contributed by atoms with van der Waals surface area (Å²) in [5.41, 5.74) is 4.18. The minimum Gasteiger partial charge on any atom is -0.497 e. The number of hydrogen-bond acceptors (Lipinski definition) is 3. The van der Waals surface area contributed by atoms with Gasteiger partial charge in [0.1, 0.15) is 11.5 Å². The second-order valence-electron chi connectivity index (χ2n) is 6.71. The van der Waals surface area contributed by atoms with E-state index >= 15 is 0 Å². The van der Waals surface area contributed by atoms with E-state index in [9.17, 15) is 9.59 Å². The smallest absolute Gasteiger partial charge is 0.255 e. The van der Waals surface area contributed by atoms with Crippen LogP contribution in [-0.2, 0) is 17.6 Å². The van der Waals surface area contributed by atoms with E-state index in [0.717, 1.165) is 22.4 Å². The molecule has 142 valence electrons. The highest BCUT2D eigenvalue weighted by Gasteiger charge is 2.09. The molecule has 3 rings (SSSR count). The minimum atomic E-state index is -0.138. The molecule has 0 saturated carbocycles. The van der Waals surface area contributed by atoms with Crippen LogP contribution in [-0.4, -0.2) is 18.8 Å². The van der Waals surface area contributed by atoms with Gasteiger partial charge in [-0.05, 0) is 53.9 Å². The third-order valence-electron chi connectivity index (χ3n) is 4.56. The van der Waals surface area contributed by atoms with Crippen LogP contribution in [0.5, 0.6) is 5.75 Å². The van der Waals surface area contributed by atoms with Crippen LogP contribution >= 0.6 is 0 Å². The monoisotopic (exact) mass is 373 g/mol. The van der Waals surface area contributed by atoms with Crippen molar-refractivity contribution in [3.63, 3.8) is 0 Å². The number of anilines is 1. The molecule has 0 aliphatic heterocycles. The van der Waals surface area contributed by atoms with E-state index in [0.29, 0.717) is 24.1 Å². The third-order valence-corrected chi connectivity index (χ3v) is 4.56. The van der Waals surface area contributed by atoms with Crippen molar-refractivity contribution >= 4 is 17.4 Å². The molecule has 4 nitrogen and oxygen atoms in total. The summed E-state index contributed by atoms with van der Waals surface area (Å²) in [5.74, 6) is 0.780. The maximum atomic E-state index is 12.4. The molecular formula is C24H23NO3. The summed E-state index contributed by atoms with van der Waals surface area (Å²) in [6.07, 6.45) is 0.744. The Morgan fingerprint density at radius 3 is 1.96 bits per heavy atom. The summed E-state index contributed by atoms with van der Waals surface area (Å²) in [5, 5.41) is 2.89. The first kappa shape index (κ1) is 19.4. The van der Waals surface area contributed by atoms with Crippen molar-refractivity contribution in [2.24, 2.45) is 0 Å². The van der Waals surface area contributed by atoms with Crippen molar-refractivity contribution < 1.29 is 14.3 Å². The zero-order valence-corrected chi connectivity index (χ0v) is 16.1. The largest absolute Gasteiger partial charge is 0.497 e. The molecule has 0 atom stereocenters. The molecule has 0 fully saturated rings. The highest BCUT2D eigenvalue weighted by molar-refractivity contribution is 6.05. The number of ketones is 1. The number of amides is 1. The first-order valence-electron chi connectivity index (χ1n) is 9.15. The van der Waals surface area contributed by atoms with Gasteiger partial charge in [0.15, 0.2) is 0 Å². The number of ether oxygens (including phenoxy) is 1. The lowest BCUT2D eigenvalue weighted by Crippen LogP contribution is -2.13. The fourth-order valence-corrected chi connectivity index (χ4v) is 2.99. The Labute approximate surface area is 165 Å². The summed E-state index contributed by atoms with van der Waals surface area (Å²) in [6.45, 7) is 1.91. The Bertz CT molecular complexity index is 960. The molecule has 28 heavy (non-hydrogen) atoms. The van der Waals surface area contributed by atoms with Gasteiger partial charge in [-0.1, -0.05) is 42.5 Å². The minimum absolute atomic E-state index is 0.138. The van der Waals surface area contributed by atoms with E-state index in [1.54, 1.807) is 13.2 Å². The molecule has 0 bridgehead atoms. The number of carbonyl (C=O) groups is 2. The summed E-state index contributed by atoms with van der Waals surface area (Å²) in [6, 6.07) is 22.4. The third kappa shape index (κ3) is 5.07. The Balaban J connectivity index is 1.57. The summed E-state index contributed by atoms with van der Waals surface area (Å²) in [7, 11) is 1.62. The molecule has 3 aromatic carbocycles. The predicted octanol–water partition coefficient (Wildman–Crippen LogP) is 4.61. The Morgan fingerprint density at radius 1 is 0.821 bits per heavy atom. The van der Waals surface area contributed by atoms with Crippen LogP contribution in [0.4, 0.5) is 5.69 Å². The number of aryl methyl sites for hydroxylation is 1. The van der Waals surface area contributed by atoms with Gasteiger partial charge in [0.25, 0.3) is 5.91 Å². The van der Waals surface area contributed by atoms with Gasteiger partial charge in [-0.2, -0.15) is 0 Å². The van der Waals surface area contributed by atoms with Gasteiger partial charge in [0, 0.05) is 24.1 Å². The van der Waals surface area contributed by atoms with E-state index in [-0.39, 0.29) is 11.7 Å². The van der Waals surface area contributed by atoms with Gasteiger partial charge in [0.2, 0.25) is 0 Å². The lowest BCUT2D eigenvalue weighted by molar-refractivity contribution is -0.117. The fraction of sp³-hybridized carbons (Fsp3) is 0.167. The van der Waals surface area contributed by atoms with Crippen LogP contribution in [0.1, 0.15) is 27.0 Å². The molecular weight excluding hydrogens is 350 g/mol. The molecule has 0 heterocycles. The van der Waals surface area contributed by atoms with Crippen molar-refractivity contribution in [1.29, 1.82) is 0 Å². The SMILES string of the molecule is COc1ccc(CC(=O)Cc2ccc(NC(=O)c3ccccc3C)cc2)cc1. The lowest BCUT2D eigenvalue weighted by Gasteiger charge is -2.08. The first-order valence-corrected chi connectivity index (χ1v) is 9.15. The van der Waals surface area contributed by atoms with Crippen LogP contribution < -0.4 is 10.1 Å². The first-order chi connectivity index (χ1) is 13.5. The molecule has 3 aromatic rings. The van der Waals surface area contributed by atoms with E-state index in [2.05, 4.69) is 5.32 Å². The summed E-state index contributed by atoms with van der Waals surface area (Å²) < 4.78 is 5.13. The zero-order valence-electron chi connectivity index (χ0n) is 16.1. The Morgan fingerprint density at radius 2 is 1.39 bits per heavy atom. The highest BCUT2D eigenvalue weighted by Crippen LogP contribution is 2.16. The van der Waals surface area contributed by atoms with Gasteiger partial charge in [-0.15, -0.1) is 0 Å². The van der Waals surface area contributed by atoms with Crippen LogP contribution in [0.25, 0.3) is 0 Å². The number of Topliss-reactive ketones (excluding diaryl/α,β-unsaturated/α-hetero) is 1. The second-order valence-corrected chi connectivity index (χ2v) is 6.71. The van der Waals surface area contributed by atoms with Gasteiger partial charge in [-0.25, -0.2) is 0 Å². The van der Waals surface area contributed by atoms with Crippen molar-refractivity contribution in [1.82, 2.24) is 0 Å². The normalized spacial score (nSPS) is 10.4. The molecule has 0 aliphatic carbocycles. The number of carbonyl (C=O) groups excluding carboxylic acids is 2. The molecule has 1 N–H and O–H groups in total. The van der Waals surface area contributed by atoms with Crippen molar-refractivity contribution in [3.05, 3.63) is 95.1 Å². The zero-order chi connectivity index (χ0) is 19.9. The maximum Gasteiger partial charge on any atom is 0.255 e. The van der Waals surface area contributed by atoms with Gasteiger partial charge in [0.05, 0.1) is 7.11 Å². The molecule has 1 amide bonds. The summed E-state index contributed by atoms with van der Waals surface area (Å²) in [4.78, 5) is 24.7. The Hall–Kier alpha value is -3.40. The number of nitrogens with one attached hydrogen (secondary N) is 1. The molecule has 0 aromatic heterocycles. The van der Waals surface area contributed by atoms with Crippen LogP contribution in [0.2, 0.25) is 0 Å². The van der Waals surface area contributed by atoms with E-state index in [1.807, 2.05) is 73.7 Å². The Kier molecular flexibility index (Phi) is 6.22. The topological polar surface area (TPSA) is 55.4 Å². The average Bonchev–Trinajstić information content (AvgIpc) is 2.70. The van der Waals surface area contributed by atoms with Crippen LogP contribution in [0.3, 0.4) is 0 Å². The highest BCUT2D eigenvalue weighted by atomic mass is 16.5. The molecule has 4 heteroatoms. The number of rotatable bonds is 7. The van der Waals surface area contributed by atoms with Crippen LogP contribution in [0, 0.1) is 6.92 Å². The van der Waals surface area contributed by atoms with Gasteiger partial charge >= 0.3 is 0 Å². The number of benzene rings is 3. The van der Waals surface area contributed by atoms with E-state index < -0.39 is 0 Å². The van der Waals surface area contributed by atoms with Crippen molar-refractivity contribution in [2.75, 3.05) is 12.4 Å². The van der Waals surface area contributed by atoms with E-state index in [1.165, 1.54) is 0 Å². The maximum absolute atomic E-state index is 12.4. The second kappa shape index (κ2) is 9.00. The molecule has 0 unspecified atom stereocenters. The lowest BCUT2D eigenvalue weighted by atomic mass is 10.0. The average molecular weight is 373 g/mol. The molecule has 0 saturated heterocycles. The molecule has 0 spiro atoms. The summed E-state index contributed by atoms with van der Waals surface area (Å²) >= 11 is 0. The van der Waals surface area contributed by atoms with Crippen LogP contribution in [0.15, 0.2) is 72.8 Å². The van der Waals surface area contributed by atoms with Crippen molar-refractivity contribution in [2.45, 2.75) is 19.8 Å². The quantitative estimate of drug-likeness (QED) is 0.658. The fourth-order valence-electron chi connectivity index (χ4n) is 2.99. The standard InChI is InChI=1S/C24H23NO3/c1-17-5-3-4-6-23(17)24(27)25-20-11-7-18(8-12-20)15-21(26)16-19-9-13-22(28-2)14-10-19/h3-14H,15-16H2,1-2H3,(H,25,27). The van der Waals surface area contributed by atoms with Crippen molar-refractivity contribution in [3.8, 4) is 5.75 Å². The number of hydrogen-bond donors (Lipinski definition) is 1. The van der Waals surface area contributed by atoms with E-state index in [4.69, 9.17) is 4.74 Å². The van der Waals surface area contributed by atoms with Gasteiger partial charge < -0.3 is 10.1 Å².